The van der Waals surface area contributed by atoms with Gasteiger partial charge in [0.15, 0.2) is 0 Å². The molecule has 1 atom stereocenters. The summed E-state index contributed by atoms with van der Waals surface area (Å²) in [5, 5.41) is 2.93. The van der Waals surface area contributed by atoms with Crippen molar-refractivity contribution in [3.63, 3.8) is 0 Å². The summed E-state index contributed by atoms with van der Waals surface area (Å²) in [7, 11) is 0. The maximum Gasteiger partial charge on any atom is 0.254 e. The molecular formula is C24H32Cl2N4O2. The number of nitrogens with zero attached hydrogens (tertiary/aromatic N) is 3. The van der Waals surface area contributed by atoms with Gasteiger partial charge in [0, 0.05) is 49.2 Å². The molecule has 0 saturated carbocycles. The molecule has 0 spiro atoms. The van der Waals surface area contributed by atoms with E-state index in [4.69, 9.17) is 0 Å². The average molecular weight is 479 g/mol. The van der Waals surface area contributed by atoms with Crippen LogP contribution in [0.5, 0.6) is 0 Å². The first-order valence-corrected chi connectivity index (χ1v) is 11.0. The Morgan fingerprint density at radius 2 is 1.69 bits per heavy atom. The first kappa shape index (κ1) is 26.1. The van der Waals surface area contributed by atoms with E-state index in [-0.39, 0.29) is 36.6 Å². The van der Waals surface area contributed by atoms with Crippen LogP contribution >= 0.6 is 24.8 Å². The van der Waals surface area contributed by atoms with Crippen LogP contribution in [0.3, 0.4) is 0 Å². The van der Waals surface area contributed by atoms with Crippen molar-refractivity contribution < 1.29 is 9.59 Å². The Hall–Kier alpha value is -2.15. The summed E-state index contributed by atoms with van der Waals surface area (Å²) in [6.45, 7) is 4.68. The largest absolute Gasteiger partial charge is 0.352 e. The van der Waals surface area contributed by atoms with Crippen molar-refractivity contribution in [2.45, 2.75) is 38.1 Å². The Kier molecular flexibility index (Phi) is 10.4. The minimum atomic E-state index is -0.119. The molecule has 32 heavy (non-hydrogen) atoms. The van der Waals surface area contributed by atoms with Gasteiger partial charge in [0.25, 0.3) is 11.8 Å². The van der Waals surface area contributed by atoms with Crippen molar-refractivity contribution in [1.29, 1.82) is 0 Å². The Bertz CT molecular complexity index is 858. The van der Waals surface area contributed by atoms with Crippen LogP contribution < -0.4 is 5.32 Å². The summed E-state index contributed by atoms with van der Waals surface area (Å²) in [6, 6.07) is 11.3. The van der Waals surface area contributed by atoms with Crippen LogP contribution in [0.25, 0.3) is 0 Å². The molecule has 3 heterocycles. The van der Waals surface area contributed by atoms with E-state index in [0.717, 1.165) is 51.0 Å². The highest BCUT2D eigenvalue weighted by atomic mass is 35.5. The molecule has 2 aromatic rings. The average Bonchev–Trinajstić information content (AvgIpc) is 3.47. The molecule has 2 fully saturated rings. The predicted molar refractivity (Wildman–Crippen MR) is 131 cm³/mol. The van der Waals surface area contributed by atoms with E-state index in [1.54, 1.807) is 30.5 Å². The molecule has 2 aliphatic rings. The standard InChI is InChI=1S/C24H30N4O2.2ClH/c29-23(26-13-11-19-5-3-12-25-17-19)20-7-9-21(10-8-20)24(30)28-16-4-6-22(28)18-27-14-1-2-15-27;;/h3,5,7-10,12,17,22H,1-2,4,6,11,13-16,18H2,(H,26,29);2*1H. The summed E-state index contributed by atoms with van der Waals surface area (Å²) in [6.07, 6.45) is 8.98. The third kappa shape index (κ3) is 6.67. The van der Waals surface area contributed by atoms with Gasteiger partial charge in [-0.05, 0) is 81.1 Å². The molecule has 2 saturated heterocycles. The summed E-state index contributed by atoms with van der Waals surface area (Å²) >= 11 is 0. The second kappa shape index (κ2) is 12.8. The lowest BCUT2D eigenvalue weighted by molar-refractivity contribution is 0.0708. The van der Waals surface area contributed by atoms with Crippen LogP contribution in [0.4, 0.5) is 0 Å². The van der Waals surface area contributed by atoms with Gasteiger partial charge in [-0.2, -0.15) is 0 Å². The number of benzene rings is 1. The van der Waals surface area contributed by atoms with Crippen molar-refractivity contribution in [3.8, 4) is 0 Å². The van der Waals surface area contributed by atoms with Crippen LogP contribution in [0, 0.1) is 0 Å². The third-order valence-corrected chi connectivity index (χ3v) is 6.12. The summed E-state index contributed by atoms with van der Waals surface area (Å²) in [5.74, 6) is -0.0359. The Morgan fingerprint density at radius 1 is 0.969 bits per heavy atom. The monoisotopic (exact) mass is 478 g/mol. The van der Waals surface area contributed by atoms with Crippen molar-refractivity contribution in [2.24, 2.45) is 0 Å². The summed E-state index contributed by atoms with van der Waals surface area (Å²) in [4.78, 5) is 34.0. The number of carbonyl (C=O) groups excluding carboxylic acids is 2. The normalized spacial score (nSPS) is 18.0. The van der Waals surface area contributed by atoms with E-state index >= 15 is 0 Å². The number of likely N-dealkylation sites (tertiary alicyclic amines) is 2. The number of halogens is 2. The number of hydrogen-bond donors (Lipinski definition) is 1. The predicted octanol–water partition coefficient (Wildman–Crippen LogP) is 3.60. The number of amides is 2. The number of rotatable bonds is 7. The maximum atomic E-state index is 13.0. The molecule has 0 bridgehead atoms. The molecule has 0 radical (unpaired) electrons. The van der Waals surface area contributed by atoms with Crippen molar-refractivity contribution in [2.75, 3.05) is 32.7 Å². The fourth-order valence-corrected chi connectivity index (χ4v) is 4.45. The zero-order valence-electron chi connectivity index (χ0n) is 18.2. The van der Waals surface area contributed by atoms with E-state index < -0.39 is 0 Å². The molecule has 6 nitrogen and oxygen atoms in total. The van der Waals surface area contributed by atoms with Crippen molar-refractivity contribution in [3.05, 3.63) is 65.5 Å². The smallest absolute Gasteiger partial charge is 0.254 e. The number of nitrogens with one attached hydrogen (secondary N) is 1. The van der Waals surface area contributed by atoms with Gasteiger partial charge in [0.05, 0.1) is 0 Å². The number of aromatic nitrogens is 1. The number of carbonyl (C=O) groups is 2. The SMILES string of the molecule is Cl.Cl.O=C(NCCc1cccnc1)c1ccc(C(=O)N2CCCC2CN2CCCC2)cc1. The zero-order valence-corrected chi connectivity index (χ0v) is 19.9. The second-order valence-corrected chi connectivity index (χ2v) is 8.25. The quantitative estimate of drug-likeness (QED) is 0.659. The molecule has 0 aliphatic carbocycles. The van der Waals surface area contributed by atoms with Gasteiger partial charge >= 0.3 is 0 Å². The van der Waals surface area contributed by atoms with Gasteiger partial charge in [-0.1, -0.05) is 6.07 Å². The van der Waals surface area contributed by atoms with E-state index in [2.05, 4.69) is 15.2 Å². The molecule has 2 aliphatic heterocycles. The van der Waals surface area contributed by atoms with Crippen LogP contribution in [0.15, 0.2) is 48.8 Å². The third-order valence-electron chi connectivity index (χ3n) is 6.12. The van der Waals surface area contributed by atoms with Gasteiger partial charge in [0.1, 0.15) is 0 Å². The number of hydrogen-bond acceptors (Lipinski definition) is 4. The van der Waals surface area contributed by atoms with E-state index in [1.165, 1.54) is 12.8 Å². The number of pyridine rings is 1. The molecule has 1 N–H and O–H groups in total. The summed E-state index contributed by atoms with van der Waals surface area (Å²) in [5.41, 5.74) is 2.33. The van der Waals surface area contributed by atoms with Crippen LogP contribution in [-0.4, -0.2) is 65.4 Å². The fourth-order valence-electron chi connectivity index (χ4n) is 4.45. The highest BCUT2D eigenvalue weighted by molar-refractivity contribution is 5.98. The van der Waals surface area contributed by atoms with E-state index in [1.807, 2.05) is 23.2 Å². The first-order chi connectivity index (χ1) is 14.7. The van der Waals surface area contributed by atoms with Crippen LogP contribution in [0.1, 0.15) is 52.0 Å². The molecule has 2 amide bonds. The van der Waals surface area contributed by atoms with Crippen molar-refractivity contribution in [1.82, 2.24) is 20.1 Å². The van der Waals surface area contributed by atoms with Crippen molar-refractivity contribution >= 4 is 36.6 Å². The van der Waals surface area contributed by atoms with Crippen LogP contribution in [0.2, 0.25) is 0 Å². The van der Waals surface area contributed by atoms with E-state index in [9.17, 15) is 9.59 Å². The Balaban J connectivity index is 0.00000181. The summed E-state index contributed by atoms with van der Waals surface area (Å²) < 4.78 is 0. The lowest BCUT2D eigenvalue weighted by Crippen LogP contribution is -2.42. The maximum absolute atomic E-state index is 13.0. The molecule has 8 heteroatoms. The fraction of sp³-hybridized carbons (Fsp3) is 0.458. The Labute approximate surface area is 202 Å². The van der Waals surface area contributed by atoms with Gasteiger partial charge in [0.2, 0.25) is 0 Å². The highest BCUT2D eigenvalue weighted by Crippen LogP contribution is 2.22. The zero-order chi connectivity index (χ0) is 20.8. The minimum Gasteiger partial charge on any atom is -0.352 e. The van der Waals surface area contributed by atoms with Gasteiger partial charge < -0.3 is 15.1 Å². The van der Waals surface area contributed by atoms with Crippen LogP contribution in [-0.2, 0) is 6.42 Å². The lowest BCUT2D eigenvalue weighted by atomic mass is 10.1. The molecule has 174 valence electrons. The topological polar surface area (TPSA) is 65.5 Å². The lowest BCUT2D eigenvalue weighted by Gasteiger charge is -2.28. The minimum absolute atomic E-state index is 0. The highest BCUT2D eigenvalue weighted by Gasteiger charge is 2.31. The Morgan fingerprint density at radius 3 is 2.38 bits per heavy atom. The molecule has 1 aromatic carbocycles. The molecule has 1 unspecified atom stereocenters. The van der Waals surface area contributed by atoms with E-state index in [0.29, 0.717) is 23.7 Å². The second-order valence-electron chi connectivity index (χ2n) is 8.25. The first-order valence-electron chi connectivity index (χ1n) is 11.0. The molecule has 4 rings (SSSR count). The van der Waals surface area contributed by atoms with Gasteiger partial charge in [-0.15, -0.1) is 24.8 Å². The van der Waals surface area contributed by atoms with Gasteiger partial charge in [-0.25, -0.2) is 0 Å². The van der Waals surface area contributed by atoms with Gasteiger partial charge in [-0.3, -0.25) is 14.6 Å². The molecular weight excluding hydrogens is 447 g/mol. The molecule has 1 aromatic heterocycles.